The van der Waals surface area contributed by atoms with Gasteiger partial charge in [0, 0.05) is 35.9 Å². The van der Waals surface area contributed by atoms with Crippen LogP contribution >= 0.6 is 23.3 Å². The second-order valence-corrected chi connectivity index (χ2v) is 10.3. The van der Waals surface area contributed by atoms with Crippen molar-refractivity contribution >= 4 is 51.9 Å². The van der Waals surface area contributed by atoms with Crippen LogP contribution in [0.4, 0.5) is 5.13 Å². The molecule has 4 heterocycles. The quantitative estimate of drug-likeness (QED) is 0.141. The van der Waals surface area contributed by atoms with Crippen LogP contribution in [0.3, 0.4) is 0 Å². The van der Waals surface area contributed by atoms with Crippen molar-refractivity contribution in [2.45, 2.75) is 18.3 Å². The number of anilines is 1. The number of nitrogens with zero attached hydrogens (tertiary/aromatic N) is 5. The number of nitrogen functional groups attached to an aromatic ring is 1. The van der Waals surface area contributed by atoms with E-state index in [0.717, 1.165) is 43.3 Å². The molecule has 0 saturated carbocycles. The number of piperazine rings is 1. The van der Waals surface area contributed by atoms with E-state index >= 15 is 0 Å². The molecule has 1 aromatic heterocycles. The minimum atomic E-state index is -1.14. The Morgan fingerprint density at radius 3 is 2.76 bits per heavy atom. The standard InChI is InChI=1S/C19H26N8O5S2/c1-3-32-24-11(14-23-19(20)34-25-14)15(28)22-12-16(29)26-13(18(30)31)10(9-33-17(12)26)8-27(2)6-4-21-5-7-27/h12,17,21H,3-9H2,1-2H3,(H3-,20,22,23,25,28,30,31)/p+1/t12-,17-/m1/s1. The number of quaternary nitrogens is 1. The molecule has 2 saturated heterocycles. The van der Waals surface area contributed by atoms with Crippen molar-refractivity contribution in [3.63, 3.8) is 0 Å². The Bertz CT molecular complexity index is 1050. The zero-order valence-corrected chi connectivity index (χ0v) is 20.4. The highest BCUT2D eigenvalue weighted by atomic mass is 32.2. The predicted octanol–water partition coefficient (Wildman–Crippen LogP) is -1.35. The van der Waals surface area contributed by atoms with Gasteiger partial charge in [0.2, 0.25) is 11.5 Å². The van der Waals surface area contributed by atoms with Gasteiger partial charge in [-0.2, -0.15) is 9.36 Å². The van der Waals surface area contributed by atoms with Gasteiger partial charge in [-0.3, -0.25) is 14.5 Å². The summed E-state index contributed by atoms with van der Waals surface area (Å²) in [7, 11) is 2.10. The van der Waals surface area contributed by atoms with E-state index < -0.39 is 29.2 Å². The molecule has 4 rings (SSSR count). The first-order valence-electron chi connectivity index (χ1n) is 10.8. The van der Waals surface area contributed by atoms with Gasteiger partial charge in [-0.25, -0.2) is 4.79 Å². The largest absolute Gasteiger partial charge is 0.477 e. The number of likely N-dealkylation sites (N-methyl/N-ethyl adjacent to an activating group) is 1. The Hall–Kier alpha value is -2.75. The van der Waals surface area contributed by atoms with Gasteiger partial charge in [0.25, 0.3) is 11.8 Å². The minimum absolute atomic E-state index is 0.00485. The van der Waals surface area contributed by atoms with Crippen LogP contribution in [0.2, 0.25) is 0 Å². The topological polar surface area (TPSA) is 172 Å². The molecule has 3 aliphatic rings. The molecular formula is C19H27N8O5S2+. The molecule has 0 spiro atoms. The van der Waals surface area contributed by atoms with Crippen molar-refractivity contribution in [2.24, 2.45) is 5.16 Å². The predicted molar refractivity (Wildman–Crippen MR) is 126 cm³/mol. The number of carboxylic acids is 1. The number of aliphatic carboxylic acids is 1. The maximum Gasteiger partial charge on any atom is 0.352 e. The molecule has 2 atom stereocenters. The van der Waals surface area contributed by atoms with E-state index in [1.165, 1.54) is 16.7 Å². The molecule has 0 aromatic carbocycles. The molecule has 3 aliphatic heterocycles. The van der Waals surface area contributed by atoms with Gasteiger partial charge in [-0.1, -0.05) is 5.16 Å². The maximum absolute atomic E-state index is 13.0. The highest BCUT2D eigenvalue weighted by molar-refractivity contribution is 8.00. The van der Waals surface area contributed by atoms with Crippen molar-refractivity contribution in [3.05, 3.63) is 17.1 Å². The number of amides is 2. The third-order valence-corrected chi connectivity index (χ3v) is 7.80. The molecule has 0 bridgehead atoms. The second-order valence-electron chi connectivity index (χ2n) is 8.41. The monoisotopic (exact) mass is 511 g/mol. The minimum Gasteiger partial charge on any atom is -0.477 e. The van der Waals surface area contributed by atoms with E-state index in [-0.39, 0.29) is 29.0 Å². The summed E-state index contributed by atoms with van der Waals surface area (Å²) >= 11 is 2.34. The van der Waals surface area contributed by atoms with Crippen molar-refractivity contribution in [1.29, 1.82) is 0 Å². The van der Waals surface area contributed by atoms with Crippen molar-refractivity contribution < 1.29 is 28.8 Å². The van der Waals surface area contributed by atoms with E-state index in [9.17, 15) is 19.5 Å². The summed E-state index contributed by atoms with van der Waals surface area (Å²) in [4.78, 5) is 48.3. The Morgan fingerprint density at radius 1 is 1.41 bits per heavy atom. The number of β-lactam (4-membered cyclic amide) rings is 1. The smallest absolute Gasteiger partial charge is 0.352 e. The number of fused-ring (bicyclic) bond motifs is 1. The summed E-state index contributed by atoms with van der Waals surface area (Å²) in [5.41, 5.74) is 6.17. The van der Waals surface area contributed by atoms with E-state index in [1.54, 1.807) is 6.92 Å². The second kappa shape index (κ2) is 9.85. The van der Waals surface area contributed by atoms with Gasteiger partial charge < -0.3 is 30.8 Å². The van der Waals surface area contributed by atoms with Gasteiger partial charge in [0.15, 0.2) is 5.13 Å². The Balaban J connectivity index is 1.51. The molecule has 0 aliphatic carbocycles. The third kappa shape index (κ3) is 4.73. The fourth-order valence-corrected chi connectivity index (χ4v) is 5.98. The van der Waals surface area contributed by atoms with Crippen LogP contribution in [0.25, 0.3) is 0 Å². The van der Waals surface area contributed by atoms with Gasteiger partial charge in [-0.05, 0) is 6.92 Å². The van der Waals surface area contributed by atoms with Crippen LogP contribution < -0.4 is 16.4 Å². The van der Waals surface area contributed by atoms with E-state index in [0.29, 0.717) is 16.8 Å². The zero-order valence-electron chi connectivity index (χ0n) is 18.8. The lowest BCUT2D eigenvalue weighted by Gasteiger charge is -2.50. The molecular weight excluding hydrogens is 484 g/mol. The van der Waals surface area contributed by atoms with E-state index in [4.69, 9.17) is 10.6 Å². The number of hydrogen-bond donors (Lipinski definition) is 4. The SMILES string of the molecule is CCON=C(C(=O)N[C@@H]1C(=O)N2C(C(=O)O)=C(C[N+]3(C)CCNCC3)CS[C@H]12)c1nsc(N)n1. The van der Waals surface area contributed by atoms with Crippen LogP contribution in [-0.2, 0) is 19.2 Å². The summed E-state index contributed by atoms with van der Waals surface area (Å²) in [6, 6.07) is -0.903. The Kier molecular flexibility index (Phi) is 7.06. The van der Waals surface area contributed by atoms with Gasteiger partial charge in [-0.15, -0.1) is 11.8 Å². The molecule has 184 valence electrons. The summed E-state index contributed by atoms with van der Waals surface area (Å²) < 4.78 is 4.71. The molecule has 2 amide bonds. The number of carbonyl (C=O) groups is 3. The zero-order chi connectivity index (χ0) is 24.5. The fraction of sp³-hybridized carbons (Fsp3) is 0.579. The van der Waals surface area contributed by atoms with Crippen LogP contribution in [0.5, 0.6) is 0 Å². The first-order chi connectivity index (χ1) is 16.2. The number of oxime groups is 1. The fourth-order valence-electron chi connectivity index (χ4n) is 4.21. The normalized spacial score (nSPS) is 24.4. The number of nitrogens with two attached hydrogens (primary N) is 1. The lowest BCUT2D eigenvalue weighted by Crippen LogP contribution is -2.71. The highest BCUT2D eigenvalue weighted by Gasteiger charge is 2.55. The number of carboxylic acid groups (broad SMARTS) is 1. The van der Waals surface area contributed by atoms with Crippen molar-refractivity contribution in [3.8, 4) is 0 Å². The van der Waals surface area contributed by atoms with Crippen LogP contribution in [-0.4, -0.2) is 111 Å². The van der Waals surface area contributed by atoms with Crippen LogP contribution in [0.1, 0.15) is 12.7 Å². The molecule has 2 fully saturated rings. The summed E-state index contributed by atoms with van der Waals surface area (Å²) in [6.07, 6.45) is 0. The third-order valence-electron chi connectivity index (χ3n) is 5.92. The van der Waals surface area contributed by atoms with E-state index in [2.05, 4.69) is 32.2 Å². The lowest BCUT2D eigenvalue weighted by atomic mass is 10.0. The molecule has 5 N–H and O–H groups in total. The first-order valence-corrected chi connectivity index (χ1v) is 12.6. The molecule has 13 nitrogen and oxygen atoms in total. The lowest BCUT2D eigenvalue weighted by molar-refractivity contribution is -0.906. The Labute approximate surface area is 204 Å². The summed E-state index contributed by atoms with van der Waals surface area (Å²) in [5.74, 6) is -1.86. The average molecular weight is 512 g/mol. The van der Waals surface area contributed by atoms with Crippen molar-refractivity contribution in [1.82, 2.24) is 24.9 Å². The van der Waals surface area contributed by atoms with E-state index in [1.807, 2.05) is 0 Å². The first kappa shape index (κ1) is 24.4. The summed E-state index contributed by atoms with van der Waals surface area (Å²) in [5, 5.41) is 19.3. The molecule has 34 heavy (non-hydrogen) atoms. The van der Waals surface area contributed by atoms with Gasteiger partial charge in [0.1, 0.15) is 30.3 Å². The number of aromatic nitrogens is 2. The van der Waals surface area contributed by atoms with Gasteiger partial charge in [0.05, 0.1) is 20.1 Å². The number of nitrogens with one attached hydrogen (secondary N) is 2. The molecule has 1 aromatic rings. The highest BCUT2D eigenvalue weighted by Crippen LogP contribution is 2.41. The Morgan fingerprint density at radius 2 is 2.15 bits per heavy atom. The number of thioether (sulfide) groups is 1. The van der Waals surface area contributed by atoms with Crippen LogP contribution in [0, 0.1) is 0 Å². The summed E-state index contributed by atoms with van der Waals surface area (Å²) in [6.45, 7) is 5.98. The number of rotatable bonds is 8. The van der Waals surface area contributed by atoms with Crippen molar-refractivity contribution in [2.75, 3.05) is 57.9 Å². The number of carbonyl (C=O) groups excluding carboxylic acids is 2. The van der Waals surface area contributed by atoms with Crippen LogP contribution in [0.15, 0.2) is 16.4 Å². The number of hydrogen-bond acceptors (Lipinski definition) is 11. The average Bonchev–Trinajstić information content (AvgIpc) is 3.23. The molecule has 15 heteroatoms. The van der Waals surface area contributed by atoms with Gasteiger partial charge >= 0.3 is 5.97 Å². The molecule has 0 radical (unpaired) electrons. The maximum atomic E-state index is 13.0. The molecule has 0 unspecified atom stereocenters.